The van der Waals surface area contributed by atoms with Crippen molar-refractivity contribution in [3.8, 4) is 5.88 Å². The molecule has 4 nitrogen and oxygen atoms in total. The predicted octanol–water partition coefficient (Wildman–Crippen LogP) is 6.31. The first-order valence-corrected chi connectivity index (χ1v) is 9.48. The lowest BCUT2D eigenvalue weighted by Crippen LogP contribution is -2.02. The molecule has 144 valence electrons. The van der Waals surface area contributed by atoms with Gasteiger partial charge < -0.3 is 9.15 Å². The number of ether oxygens (including phenoxy) is 1. The van der Waals surface area contributed by atoms with Crippen LogP contribution in [0.1, 0.15) is 35.2 Å². The molecule has 4 heteroatoms. The Labute approximate surface area is 170 Å². The summed E-state index contributed by atoms with van der Waals surface area (Å²) in [4.78, 5) is 9.17. The fourth-order valence-corrected chi connectivity index (χ4v) is 3.11. The van der Waals surface area contributed by atoms with E-state index in [4.69, 9.17) is 9.15 Å². The summed E-state index contributed by atoms with van der Waals surface area (Å²) in [5, 5.41) is 0. The van der Waals surface area contributed by atoms with Gasteiger partial charge in [-0.1, -0.05) is 49.0 Å². The molecule has 0 aliphatic rings. The molecule has 0 aliphatic heterocycles. The van der Waals surface area contributed by atoms with Gasteiger partial charge in [-0.2, -0.15) is 0 Å². The lowest BCUT2D eigenvalue weighted by atomic mass is 10.0. The van der Waals surface area contributed by atoms with Gasteiger partial charge in [-0.15, -0.1) is 0 Å². The Kier molecular flexibility index (Phi) is 5.25. The van der Waals surface area contributed by atoms with Crippen molar-refractivity contribution >= 4 is 28.8 Å². The first kappa shape index (κ1) is 18.7. The zero-order valence-corrected chi connectivity index (χ0v) is 16.6. The second-order valence-electron chi connectivity index (χ2n) is 6.92. The second-order valence-corrected chi connectivity index (χ2v) is 6.92. The van der Waals surface area contributed by atoms with E-state index in [1.54, 1.807) is 0 Å². The molecule has 2 aromatic heterocycles. The first-order chi connectivity index (χ1) is 14.1. The highest BCUT2D eigenvalue weighted by Crippen LogP contribution is 2.27. The lowest BCUT2D eigenvalue weighted by molar-refractivity contribution is 0.292. The van der Waals surface area contributed by atoms with Gasteiger partial charge in [0.15, 0.2) is 5.58 Å². The molecule has 0 fully saturated rings. The number of hydrogen-bond donors (Lipinski definition) is 0. The van der Waals surface area contributed by atoms with Crippen LogP contribution in [0.2, 0.25) is 0 Å². The molecule has 4 aromatic rings. The molecule has 0 spiro atoms. The summed E-state index contributed by atoms with van der Waals surface area (Å²) >= 11 is 0. The van der Waals surface area contributed by atoms with Crippen LogP contribution in [0, 0.1) is 6.92 Å². The van der Waals surface area contributed by atoms with Crippen LogP contribution in [0.5, 0.6) is 5.88 Å². The monoisotopic (exact) mass is 382 g/mol. The van der Waals surface area contributed by atoms with Crippen molar-refractivity contribution in [3.05, 3.63) is 95.5 Å². The van der Waals surface area contributed by atoms with E-state index in [1.165, 1.54) is 0 Å². The molecule has 4 rings (SSSR count). The average molecular weight is 382 g/mol. The van der Waals surface area contributed by atoms with Gasteiger partial charge in [-0.05, 0) is 54.8 Å². The highest BCUT2D eigenvalue weighted by atomic mass is 16.5. The number of fused-ring (bicyclic) bond motifs is 1. The van der Waals surface area contributed by atoms with Crippen molar-refractivity contribution in [1.82, 2.24) is 9.97 Å². The second kappa shape index (κ2) is 8.15. The fourth-order valence-electron chi connectivity index (χ4n) is 3.11. The maximum Gasteiger partial charge on any atom is 0.221 e. The molecule has 0 N–H and O–H groups in total. The summed E-state index contributed by atoms with van der Waals surface area (Å²) in [5.41, 5.74) is 6.39. The topological polar surface area (TPSA) is 48.2 Å². The van der Waals surface area contributed by atoms with E-state index >= 15 is 0 Å². The zero-order chi connectivity index (χ0) is 20.2. The lowest BCUT2D eigenvalue weighted by Gasteiger charge is -2.13. The molecule has 0 unspecified atom stereocenters. The van der Waals surface area contributed by atoms with Crippen LogP contribution in [-0.4, -0.2) is 9.97 Å². The smallest absolute Gasteiger partial charge is 0.221 e. The SMILES string of the molecule is C=C(C)c1cc(/C=C/c2nc3ccccc3o2)c(OCc2ccccc2)nc1C. The third-order valence-electron chi connectivity index (χ3n) is 4.60. The summed E-state index contributed by atoms with van der Waals surface area (Å²) in [6, 6.07) is 19.8. The van der Waals surface area contributed by atoms with Crippen LogP contribution in [0.4, 0.5) is 0 Å². The molecular formula is C25H22N2O2. The largest absolute Gasteiger partial charge is 0.472 e. The molecule has 0 saturated carbocycles. The summed E-state index contributed by atoms with van der Waals surface area (Å²) in [7, 11) is 0. The third-order valence-corrected chi connectivity index (χ3v) is 4.60. The molecule has 0 saturated heterocycles. The van der Waals surface area contributed by atoms with E-state index < -0.39 is 0 Å². The molecule has 2 aromatic carbocycles. The number of rotatable bonds is 6. The standard InChI is InChI=1S/C25H22N2O2/c1-17(2)21-15-20(13-14-24-27-22-11-7-8-12-23(22)29-24)25(26-18(21)3)28-16-19-9-5-4-6-10-19/h4-15H,1,16H2,2-3H3/b14-13+. The normalized spacial score (nSPS) is 11.2. The summed E-state index contributed by atoms with van der Waals surface area (Å²) in [5.74, 6) is 1.11. The molecule has 0 atom stereocenters. The Balaban J connectivity index is 1.66. The number of para-hydroxylation sites is 2. The predicted molar refractivity (Wildman–Crippen MR) is 117 cm³/mol. The van der Waals surface area contributed by atoms with E-state index in [0.717, 1.165) is 39.1 Å². The summed E-state index contributed by atoms with van der Waals surface area (Å²) in [6.07, 6.45) is 3.76. The van der Waals surface area contributed by atoms with Crippen molar-refractivity contribution in [3.63, 3.8) is 0 Å². The minimum Gasteiger partial charge on any atom is -0.472 e. The minimum atomic E-state index is 0.448. The van der Waals surface area contributed by atoms with Crippen molar-refractivity contribution < 1.29 is 9.15 Å². The quantitative estimate of drug-likeness (QED) is 0.392. The molecule has 0 amide bonds. The van der Waals surface area contributed by atoms with Gasteiger partial charge in [-0.25, -0.2) is 9.97 Å². The minimum absolute atomic E-state index is 0.448. The Morgan fingerprint density at radius 1 is 1.03 bits per heavy atom. The van der Waals surface area contributed by atoms with Crippen LogP contribution >= 0.6 is 0 Å². The highest BCUT2D eigenvalue weighted by Gasteiger charge is 2.11. The first-order valence-electron chi connectivity index (χ1n) is 9.48. The van der Waals surface area contributed by atoms with Crippen LogP contribution < -0.4 is 4.74 Å². The van der Waals surface area contributed by atoms with E-state index in [2.05, 4.69) is 16.5 Å². The Hall–Kier alpha value is -3.66. The van der Waals surface area contributed by atoms with Gasteiger partial charge in [0.05, 0.1) is 0 Å². The molecule has 0 bridgehead atoms. The molecule has 0 radical (unpaired) electrons. The van der Waals surface area contributed by atoms with Crippen molar-refractivity contribution in [2.24, 2.45) is 0 Å². The third kappa shape index (κ3) is 4.27. The van der Waals surface area contributed by atoms with Gasteiger partial charge >= 0.3 is 0 Å². The Morgan fingerprint density at radius 2 is 1.79 bits per heavy atom. The number of hydrogen-bond acceptors (Lipinski definition) is 4. The molecule has 29 heavy (non-hydrogen) atoms. The number of oxazole rings is 1. The van der Waals surface area contributed by atoms with Gasteiger partial charge in [-0.3, -0.25) is 0 Å². The molecule has 0 aliphatic carbocycles. The number of nitrogens with zero attached hydrogens (tertiary/aromatic N) is 2. The van der Waals surface area contributed by atoms with Crippen LogP contribution in [-0.2, 0) is 6.61 Å². The van der Waals surface area contributed by atoms with Crippen LogP contribution in [0.25, 0.3) is 28.8 Å². The Bertz CT molecular complexity index is 1160. The summed E-state index contributed by atoms with van der Waals surface area (Å²) < 4.78 is 11.8. The maximum atomic E-state index is 6.04. The Morgan fingerprint density at radius 3 is 2.55 bits per heavy atom. The van der Waals surface area contributed by atoms with Gasteiger partial charge in [0.2, 0.25) is 11.8 Å². The van der Waals surface area contributed by atoms with Crippen LogP contribution in [0.3, 0.4) is 0 Å². The maximum absolute atomic E-state index is 6.04. The number of pyridine rings is 1. The zero-order valence-electron chi connectivity index (χ0n) is 16.6. The van der Waals surface area contributed by atoms with E-state index in [0.29, 0.717) is 18.4 Å². The van der Waals surface area contributed by atoms with Gasteiger partial charge in [0, 0.05) is 17.3 Å². The van der Waals surface area contributed by atoms with Gasteiger partial charge in [0.1, 0.15) is 12.1 Å². The number of aryl methyl sites for hydroxylation is 1. The van der Waals surface area contributed by atoms with E-state index in [-0.39, 0.29) is 0 Å². The van der Waals surface area contributed by atoms with Crippen LogP contribution in [0.15, 0.2) is 71.7 Å². The number of benzene rings is 2. The molecule has 2 heterocycles. The van der Waals surface area contributed by atoms with E-state index in [1.807, 2.05) is 86.7 Å². The van der Waals surface area contributed by atoms with Crippen molar-refractivity contribution in [1.29, 1.82) is 0 Å². The highest BCUT2D eigenvalue weighted by molar-refractivity contribution is 5.77. The fraction of sp³-hybridized carbons (Fsp3) is 0.120. The molecular weight excluding hydrogens is 360 g/mol. The van der Waals surface area contributed by atoms with Crippen molar-refractivity contribution in [2.75, 3.05) is 0 Å². The number of allylic oxidation sites excluding steroid dienone is 1. The summed E-state index contributed by atoms with van der Waals surface area (Å²) in [6.45, 7) is 8.45. The average Bonchev–Trinajstić information content (AvgIpc) is 3.15. The van der Waals surface area contributed by atoms with E-state index in [9.17, 15) is 0 Å². The van der Waals surface area contributed by atoms with Crippen molar-refractivity contribution in [2.45, 2.75) is 20.5 Å². The van der Waals surface area contributed by atoms with Gasteiger partial charge in [0.25, 0.3) is 0 Å². The number of aromatic nitrogens is 2.